The third-order valence-electron chi connectivity index (χ3n) is 4.28. The van der Waals surface area contributed by atoms with Crippen LogP contribution in [0.4, 0.5) is 5.69 Å². The number of rotatable bonds is 8. The molecule has 6 nitrogen and oxygen atoms in total. The molecule has 154 valence electrons. The summed E-state index contributed by atoms with van der Waals surface area (Å²) in [6.07, 6.45) is 3.32. The van der Waals surface area contributed by atoms with Crippen LogP contribution >= 0.6 is 23.2 Å². The van der Waals surface area contributed by atoms with E-state index in [2.05, 4.69) is 4.98 Å². The lowest BCUT2D eigenvalue weighted by molar-refractivity contribution is -0.141. The predicted molar refractivity (Wildman–Crippen MR) is 115 cm³/mol. The van der Waals surface area contributed by atoms with Crippen LogP contribution < -0.4 is 4.31 Å². The first-order chi connectivity index (χ1) is 13.8. The first kappa shape index (κ1) is 21.5. The van der Waals surface area contributed by atoms with Gasteiger partial charge in [-0.3, -0.25) is 9.10 Å². The topological polar surface area (TPSA) is 79.5 Å². The van der Waals surface area contributed by atoms with Crippen molar-refractivity contribution < 1.29 is 17.9 Å². The van der Waals surface area contributed by atoms with Crippen molar-refractivity contribution in [2.45, 2.75) is 24.7 Å². The lowest BCUT2D eigenvalue weighted by atomic mass is 10.2. The highest BCUT2D eigenvalue weighted by Crippen LogP contribution is 2.30. The number of aromatic nitrogens is 1. The predicted octanol–water partition coefficient (Wildman–Crippen LogP) is 5.01. The average molecular weight is 455 g/mol. The number of sulfonamides is 1. The van der Waals surface area contributed by atoms with Gasteiger partial charge in [0.25, 0.3) is 10.0 Å². The molecular weight excluding hydrogens is 435 g/mol. The Bertz CT molecular complexity index is 1110. The van der Waals surface area contributed by atoms with Crippen LogP contribution in [-0.2, 0) is 19.6 Å². The van der Waals surface area contributed by atoms with E-state index in [4.69, 9.17) is 27.9 Å². The number of hydrogen-bond donors (Lipinski definition) is 1. The molecule has 0 fully saturated rings. The van der Waals surface area contributed by atoms with Gasteiger partial charge in [-0.05, 0) is 48.9 Å². The molecule has 0 aliphatic heterocycles. The van der Waals surface area contributed by atoms with Crippen molar-refractivity contribution in [2.24, 2.45) is 0 Å². The molecule has 0 atom stereocenters. The molecule has 0 saturated carbocycles. The van der Waals surface area contributed by atoms with E-state index in [1.54, 1.807) is 24.4 Å². The number of carbonyl (C=O) groups is 1. The normalized spacial score (nSPS) is 11.6. The number of aromatic amines is 1. The van der Waals surface area contributed by atoms with E-state index in [-0.39, 0.29) is 21.5 Å². The van der Waals surface area contributed by atoms with Gasteiger partial charge in [0, 0.05) is 27.1 Å². The van der Waals surface area contributed by atoms with Crippen molar-refractivity contribution in [3.05, 3.63) is 58.7 Å². The van der Waals surface area contributed by atoms with E-state index in [0.29, 0.717) is 12.1 Å². The van der Waals surface area contributed by atoms with Gasteiger partial charge in [-0.2, -0.15) is 0 Å². The number of H-pyrrole nitrogens is 1. The van der Waals surface area contributed by atoms with Crippen LogP contribution in [0.25, 0.3) is 10.9 Å². The second kappa shape index (κ2) is 9.07. The van der Waals surface area contributed by atoms with E-state index < -0.39 is 22.5 Å². The second-order valence-corrected chi connectivity index (χ2v) is 9.18. The fourth-order valence-corrected chi connectivity index (χ4v) is 4.94. The molecule has 0 aliphatic rings. The molecule has 0 amide bonds. The number of nitrogens with one attached hydrogen (secondary N) is 1. The molecular formula is C20H20Cl2N2O4S. The van der Waals surface area contributed by atoms with Gasteiger partial charge in [-0.1, -0.05) is 36.5 Å². The Hall–Kier alpha value is -2.22. The van der Waals surface area contributed by atoms with Crippen molar-refractivity contribution in [3.8, 4) is 0 Å². The average Bonchev–Trinajstić information content (AvgIpc) is 3.13. The Kier molecular flexibility index (Phi) is 6.72. The van der Waals surface area contributed by atoms with Gasteiger partial charge < -0.3 is 9.72 Å². The zero-order chi connectivity index (χ0) is 21.0. The van der Waals surface area contributed by atoms with Crippen LogP contribution in [0.3, 0.4) is 0 Å². The van der Waals surface area contributed by atoms with Crippen LogP contribution in [-0.4, -0.2) is 32.5 Å². The monoisotopic (exact) mass is 454 g/mol. The Morgan fingerprint density at radius 1 is 1.10 bits per heavy atom. The molecule has 2 aromatic carbocycles. The van der Waals surface area contributed by atoms with Gasteiger partial charge in [0.15, 0.2) is 0 Å². The number of halogens is 2. The van der Waals surface area contributed by atoms with E-state index in [0.717, 1.165) is 21.6 Å². The molecule has 0 spiro atoms. The van der Waals surface area contributed by atoms with Gasteiger partial charge >= 0.3 is 5.97 Å². The minimum atomic E-state index is -4.12. The maximum absolute atomic E-state index is 13.4. The third-order valence-corrected chi connectivity index (χ3v) is 6.47. The van der Waals surface area contributed by atoms with Crippen molar-refractivity contribution in [3.63, 3.8) is 0 Å². The zero-order valence-corrected chi connectivity index (χ0v) is 18.0. The first-order valence-corrected chi connectivity index (χ1v) is 11.2. The second-order valence-electron chi connectivity index (χ2n) is 6.44. The van der Waals surface area contributed by atoms with Crippen molar-refractivity contribution in [1.82, 2.24) is 4.98 Å². The third kappa shape index (κ3) is 5.04. The highest BCUT2D eigenvalue weighted by atomic mass is 35.5. The molecule has 0 aliphatic carbocycles. The molecule has 3 aromatic rings. The summed E-state index contributed by atoms with van der Waals surface area (Å²) in [7, 11) is -4.12. The molecule has 0 saturated heterocycles. The van der Waals surface area contributed by atoms with E-state index >= 15 is 0 Å². The number of fused-ring (bicyclic) bond motifs is 1. The first-order valence-electron chi connectivity index (χ1n) is 9.03. The summed E-state index contributed by atoms with van der Waals surface area (Å²) in [5.41, 5.74) is 1.18. The van der Waals surface area contributed by atoms with E-state index in [9.17, 15) is 13.2 Å². The van der Waals surface area contributed by atoms with Crippen LogP contribution in [0.5, 0.6) is 0 Å². The summed E-state index contributed by atoms with van der Waals surface area (Å²) in [4.78, 5) is 15.3. The molecule has 29 heavy (non-hydrogen) atoms. The number of anilines is 1. The van der Waals surface area contributed by atoms with Crippen LogP contribution in [0.15, 0.2) is 53.6 Å². The summed E-state index contributed by atoms with van der Waals surface area (Å²) in [6, 6.07) is 10.9. The van der Waals surface area contributed by atoms with E-state index in [1.807, 2.05) is 13.0 Å². The molecule has 9 heteroatoms. The number of esters is 1. The summed E-state index contributed by atoms with van der Waals surface area (Å²) >= 11 is 12.0. The van der Waals surface area contributed by atoms with Crippen molar-refractivity contribution >= 4 is 55.8 Å². The molecule has 0 bridgehead atoms. The maximum Gasteiger partial charge on any atom is 0.326 e. The zero-order valence-electron chi connectivity index (χ0n) is 15.7. The number of benzene rings is 2. The number of unbranched alkanes of at least 4 members (excludes halogenated alkanes) is 1. The van der Waals surface area contributed by atoms with Gasteiger partial charge in [0.05, 0.1) is 17.2 Å². The number of carbonyl (C=O) groups excluding carboxylic acids is 1. The summed E-state index contributed by atoms with van der Waals surface area (Å²) in [5, 5.41) is 1.18. The molecule has 1 heterocycles. The lowest BCUT2D eigenvalue weighted by Gasteiger charge is -2.24. The Labute approximate surface area is 179 Å². The van der Waals surface area contributed by atoms with Crippen molar-refractivity contribution in [2.75, 3.05) is 17.5 Å². The summed E-state index contributed by atoms with van der Waals surface area (Å²) in [6.45, 7) is 1.74. The number of nitrogens with zero attached hydrogens (tertiary/aromatic N) is 1. The highest BCUT2D eigenvalue weighted by Gasteiger charge is 2.28. The SMILES string of the molecule is CCCCOC(=O)CN(c1ccc2[nH]ccc2c1)S(=O)(=O)c1cc(Cl)cc(Cl)c1. The lowest BCUT2D eigenvalue weighted by Crippen LogP contribution is -2.36. The summed E-state index contributed by atoms with van der Waals surface area (Å²) < 4.78 is 32.9. The van der Waals surface area contributed by atoms with Gasteiger partial charge in [0.2, 0.25) is 0 Å². The molecule has 0 radical (unpaired) electrons. The Balaban J connectivity index is 2.02. The van der Waals surface area contributed by atoms with Gasteiger partial charge in [-0.15, -0.1) is 0 Å². The largest absolute Gasteiger partial charge is 0.464 e. The fourth-order valence-electron chi connectivity index (χ4n) is 2.81. The summed E-state index contributed by atoms with van der Waals surface area (Å²) in [5.74, 6) is -0.635. The molecule has 3 rings (SSSR count). The van der Waals surface area contributed by atoms with Crippen LogP contribution in [0, 0.1) is 0 Å². The fraction of sp³-hybridized carbons (Fsp3) is 0.250. The quantitative estimate of drug-likeness (QED) is 0.383. The Morgan fingerprint density at radius 3 is 2.52 bits per heavy atom. The maximum atomic E-state index is 13.4. The van der Waals surface area contributed by atoms with E-state index in [1.165, 1.54) is 18.2 Å². The van der Waals surface area contributed by atoms with Gasteiger partial charge in [0.1, 0.15) is 6.54 Å². The number of hydrogen-bond acceptors (Lipinski definition) is 4. The van der Waals surface area contributed by atoms with Crippen LogP contribution in [0.2, 0.25) is 10.0 Å². The smallest absolute Gasteiger partial charge is 0.326 e. The molecule has 1 N–H and O–H groups in total. The molecule has 1 aromatic heterocycles. The Morgan fingerprint density at radius 2 is 1.83 bits per heavy atom. The van der Waals surface area contributed by atoms with Gasteiger partial charge in [-0.25, -0.2) is 8.42 Å². The minimum absolute atomic E-state index is 0.106. The number of ether oxygens (including phenoxy) is 1. The van der Waals surface area contributed by atoms with Crippen LogP contribution in [0.1, 0.15) is 19.8 Å². The highest BCUT2D eigenvalue weighted by molar-refractivity contribution is 7.92. The standard InChI is InChI=1S/C20H20Cl2N2O4S/c1-2-3-8-28-20(25)13-24(17-4-5-19-14(9-17)6-7-23-19)29(26,27)18-11-15(21)10-16(22)12-18/h4-7,9-12,23H,2-3,8,13H2,1H3. The minimum Gasteiger partial charge on any atom is -0.464 e. The molecule has 0 unspecified atom stereocenters. The van der Waals surface area contributed by atoms with Crippen molar-refractivity contribution in [1.29, 1.82) is 0 Å².